The van der Waals surface area contributed by atoms with Gasteiger partial charge in [-0.3, -0.25) is 0 Å². The molecule has 0 atom stereocenters. The summed E-state index contributed by atoms with van der Waals surface area (Å²) >= 11 is 0. The molecule has 1 fully saturated rings. The maximum absolute atomic E-state index is 6.48. The maximum Gasteiger partial charge on any atom is 0.368 e. The first kappa shape index (κ1) is 22.2. The van der Waals surface area contributed by atoms with Crippen LogP contribution in [0.4, 0.5) is 11.4 Å². The molecule has 32 heavy (non-hydrogen) atoms. The molecular weight excluding hydrogens is 394 g/mol. The van der Waals surface area contributed by atoms with E-state index in [9.17, 15) is 0 Å². The van der Waals surface area contributed by atoms with Gasteiger partial charge in [0.2, 0.25) is 0 Å². The van der Waals surface area contributed by atoms with E-state index in [4.69, 9.17) is 4.42 Å². The molecule has 0 aliphatic carbocycles. The van der Waals surface area contributed by atoms with E-state index in [0.717, 1.165) is 42.7 Å². The Morgan fingerprint density at radius 3 is 2.19 bits per heavy atom. The molecule has 0 unspecified atom stereocenters. The van der Waals surface area contributed by atoms with Gasteiger partial charge in [-0.1, -0.05) is 24.3 Å². The van der Waals surface area contributed by atoms with Crippen molar-refractivity contribution in [2.75, 3.05) is 50.1 Å². The predicted molar refractivity (Wildman–Crippen MR) is 138 cm³/mol. The summed E-state index contributed by atoms with van der Waals surface area (Å²) in [5.74, 6) is 0. The number of hydrogen-bond donors (Lipinski definition) is 0. The molecule has 1 saturated heterocycles. The summed E-state index contributed by atoms with van der Waals surface area (Å²) in [5.41, 5.74) is 6.77. The molecule has 0 amide bonds. The molecule has 0 saturated carbocycles. The van der Waals surface area contributed by atoms with Crippen LogP contribution >= 0.6 is 0 Å². The molecule has 4 nitrogen and oxygen atoms in total. The third-order valence-electron chi connectivity index (χ3n) is 6.43. The van der Waals surface area contributed by atoms with Crippen molar-refractivity contribution in [3.05, 3.63) is 65.2 Å². The zero-order valence-electron chi connectivity index (χ0n) is 20.0. The molecule has 4 rings (SSSR count). The van der Waals surface area contributed by atoms with Crippen molar-refractivity contribution in [2.45, 2.75) is 33.1 Å². The van der Waals surface area contributed by atoms with E-state index in [1.54, 1.807) is 0 Å². The lowest BCUT2D eigenvalue weighted by Gasteiger charge is -2.21. The highest BCUT2D eigenvalue weighted by atomic mass is 16.3. The molecule has 4 heteroatoms. The van der Waals surface area contributed by atoms with Crippen molar-refractivity contribution in [2.24, 2.45) is 0 Å². The molecule has 1 aliphatic heterocycles. The normalized spacial score (nSPS) is 14.3. The van der Waals surface area contributed by atoms with Crippen LogP contribution in [0.2, 0.25) is 0 Å². The van der Waals surface area contributed by atoms with Gasteiger partial charge in [0.25, 0.3) is 0 Å². The van der Waals surface area contributed by atoms with Crippen LogP contribution < -0.4 is 19.9 Å². The fourth-order valence-corrected chi connectivity index (χ4v) is 4.45. The molecule has 0 spiro atoms. The average molecular weight is 431 g/mol. The van der Waals surface area contributed by atoms with Crippen LogP contribution in [0.25, 0.3) is 23.1 Å². The molecule has 1 aromatic heterocycles. The van der Waals surface area contributed by atoms with Crippen LogP contribution in [0.15, 0.2) is 52.9 Å². The van der Waals surface area contributed by atoms with Gasteiger partial charge in [-0.05, 0) is 55.7 Å². The number of nitrogens with zero attached hydrogens (tertiary/aromatic N) is 3. The summed E-state index contributed by atoms with van der Waals surface area (Å²) in [5, 5.41) is 1.16. The van der Waals surface area contributed by atoms with Crippen LogP contribution in [-0.2, 0) is 0 Å². The van der Waals surface area contributed by atoms with E-state index < -0.39 is 0 Å². The topological polar surface area (TPSA) is 22.6 Å². The lowest BCUT2D eigenvalue weighted by Crippen LogP contribution is -2.34. The molecule has 168 valence electrons. The summed E-state index contributed by atoms with van der Waals surface area (Å²) < 4.78 is 8.87. The lowest BCUT2D eigenvalue weighted by molar-refractivity contribution is 0.387. The summed E-state index contributed by atoms with van der Waals surface area (Å²) in [7, 11) is 4.14. The van der Waals surface area contributed by atoms with E-state index in [1.165, 1.54) is 41.8 Å². The Morgan fingerprint density at radius 1 is 0.844 bits per heavy atom. The number of rotatable bonds is 6. The second-order valence-corrected chi connectivity index (χ2v) is 8.76. The molecule has 0 radical (unpaired) electrons. The number of piperidine rings is 1. The Balaban J connectivity index is 1.80. The van der Waals surface area contributed by atoms with Gasteiger partial charge in [-0.25, -0.2) is 0 Å². The summed E-state index contributed by atoms with van der Waals surface area (Å²) in [6.07, 6.45) is 8.21. The molecule has 1 aliphatic rings. The minimum Gasteiger partial charge on any atom is -0.405 e. The molecule has 0 bridgehead atoms. The van der Waals surface area contributed by atoms with E-state index in [2.05, 4.69) is 103 Å². The maximum atomic E-state index is 6.48. The van der Waals surface area contributed by atoms with Gasteiger partial charge in [-0.2, -0.15) is 4.58 Å². The van der Waals surface area contributed by atoms with E-state index in [1.807, 2.05) is 0 Å². The van der Waals surface area contributed by atoms with Crippen LogP contribution in [0.3, 0.4) is 0 Å². The quantitative estimate of drug-likeness (QED) is 0.484. The van der Waals surface area contributed by atoms with Gasteiger partial charge in [0, 0.05) is 62.9 Å². The van der Waals surface area contributed by atoms with Crippen molar-refractivity contribution < 1.29 is 4.42 Å². The number of hydrogen-bond acceptors (Lipinski definition) is 3. The third kappa shape index (κ3) is 4.90. The Hall–Kier alpha value is -3.01. The van der Waals surface area contributed by atoms with Gasteiger partial charge >= 0.3 is 5.55 Å². The standard InChI is InChI=1S/C28H36N3O/c1-5-30(6-2)25-16-17-26-23(13-10-22-11-14-24(15-12-22)29(3)4)20-28(32-27(26)21-25)31-18-8-7-9-19-31/h10-17,20-21H,5-9,18-19H2,1-4H3/q+1. The zero-order chi connectivity index (χ0) is 22.5. The highest BCUT2D eigenvalue weighted by Crippen LogP contribution is 2.25. The predicted octanol–water partition coefficient (Wildman–Crippen LogP) is 5.47. The van der Waals surface area contributed by atoms with Crippen molar-refractivity contribution in [1.29, 1.82) is 0 Å². The monoisotopic (exact) mass is 430 g/mol. The van der Waals surface area contributed by atoms with Crippen molar-refractivity contribution in [1.82, 2.24) is 4.58 Å². The molecule has 3 aromatic rings. The highest BCUT2D eigenvalue weighted by molar-refractivity contribution is 5.91. The van der Waals surface area contributed by atoms with E-state index >= 15 is 0 Å². The summed E-state index contributed by atoms with van der Waals surface area (Å²) in [6, 6.07) is 17.5. The fourth-order valence-electron chi connectivity index (χ4n) is 4.45. The summed E-state index contributed by atoms with van der Waals surface area (Å²) in [4.78, 5) is 4.49. The van der Waals surface area contributed by atoms with Crippen LogP contribution in [0, 0.1) is 0 Å². The average Bonchev–Trinajstić information content (AvgIpc) is 2.83. The first-order valence-corrected chi connectivity index (χ1v) is 12.0. The van der Waals surface area contributed by atoms with Gasteiger partial charge in [0.15, 0.2) is 0 Å². The van der Waals surface area contributed by atoms with Gasteiger partial charge in [-0.15, -0.1) is 0 Å². The third-order valence-corrected chi connectivity index (χ3v) is 6.43. The molecule has 0 N–H and O–H groups in total. The minimum absolute atomic E-state index is 0.958. The highest BCUT2D eigenvalue weighted by Gasteiger charge is 2.15. The fraction of sp³-hybridized carbons (Fsp3) is 0.393. The molecular formula is C28H36N3O+. The van der Waals surface area contributed by atoms with Crippen LogP contribution in [-0.4, -0.2) is 40.3 Å². The first-order valence-electron chi connectivity index (χ1n) is 12.0. The number of fused-ring (bicyclic) bond motifs is 1. The first-order chi connectivity index (χ1) is 15.6. The van der Waals surface area contributed by atoms with Crippen molar-refractivity contribution in [3.63, 3.8) is 0 Å². The van der Waals surface area contributed by atoms with Crippen molar-refractivity contribution in [3.8, 4) is 0 Å². The van der Waals surface area contributed by atoms with E-state index in [-0.39, 0.29) is 0 Å². The van der Waals surface area contributed by atoms with Crippen LogP contribution in [0.1, 0.15) is 44.2 Å². The zero-order valence-corrected chi connectivity index (χ0v) is 20.0. The molecule has 2 heterocycles. The van der Waals surface area contributed by atoms with Crippen LogP contribution in [0.5, 0.6) is 0 Å². The van der Waals surface area contributed by atoms with E-state index in [0.29, 0.717) is 0 Å². The number of benzene rings is 2. The lowest BCUT2D eigenvalue weighted by atomic mass is 10.1. The largest absolute Gasteiger partial charge is 0.405 e. The smallest absolute Gasteiger partial charge is 0.368 e. The minimum atomic E-state index is 0.958. The van der Waals surface area contributed by atoms with Crippen molar-refractivity contribution >= 4 is 34.5 Å². The second-order valence-electron chi connectivity index (χ2n) is 8.76. The Bertz CT molecular complexity index is 1140. The van der Waals surface area contributed by atoms with Gasteiger partial charge in [0.05, 0.1) is 6.07 Å². The van der Waals surface area contributed by atoms with Gasteiger partial charge < -0.3 is 14.2 Å². The Morgan fingerprint density at radius 2 is 1.53 bits per heavy atom. The number of anilines is 2. The second kappa shape index (κ2) is 10.1. The van der Waals surface area contributed by atoms with Gasteiger partial charge in [0.1, 0.15) is 18.7 Å². The SMILES string of the molecule is CCN(CC)c1ccc2c(/C=C/c3ccc(N(C)C)cc3)cc(=[N+]3CCCCC3)oc2c1. The Labute approximate surface area is 192 Å². The summed E-state index contributed by atoms with van der Waals surface area (Å²) in [6.45, 7) is 8.52. The molecule has 2 aromatic carbocycles. The Kier molecular flexibility index (Phi) is 6.99.